The number of carbonyl (C=O) groups excluding carboxylic acids is 1. The van der Waals surface area contributed by atoms with E-state index < -0.39 is 0 Å². The Morgan fingerprint density at radius 2 is 1.88 bits per heavy atom. The largest absolute Gasteiger partial charge is 0.340 e. The van der Waals surface area contributed by atoms with E-state index in [-0.39, 0.29) is 42.0 Å². The van der Waals surface area contributed by atoms with Gasteiger partial charge >= 0.3 is 0 Å². The molecule has 0 saturated heterocycles. The molecule has 0 radical (unpaired) electrons. The van der Waals surface area contributed by atoms with Crippen LogP contribution in [0.3, 0.4) is 0 Å². The number of imidazole rings is 1. The fourth-order valence-electron chi connectivity index (χ4n) is 2.23. The fraction of sp³-hybridized carbons (Fsp3) is 0.375. The van der Waals surface area contributed by atoms with Crippen molar-refractivity contribution in [2.45, 2.75) is 13.8 Å². The highest BCUT2D eigenvalue weighted by Crippen LogP contribution is 2.17. The summed E-state index contributed by atoms with van der Waals surface area (Å²) >= 11 is 0. The van der Waals surface area contributed by atoms with Crippen LogP contribution in [0.4, 0.5) is 4.39 Å². The number of rotatable bonds is 5. The van der Waals surface area contributed by atoms with Gasteiger partial charge in [-0.25, -0.2) is 9.37 Å². The Hall–Kier alpha value is -1.63. The molecule has 5 nitrogen and oxygen atoms in total. The number of hydrogen-bond acceptors (Lipinski definition) is 3. The Morgan fingerprint density at radius 1 is 1.29 bits per heavy atom. The van der Waals surface area contributed by atoms with Gasteiger partial charge in [-0.05, 0) is 36.2 Å². The second-order valence-corrected chi connectivity index (χ2v) is 6.15. The van der Waals surface area contributed by atoms with E-state index in [9.17, 15) is 9.18 Å². The smallest absolute Gasteiger partial charge is 0.272 e. The maximum absolute atomic E-state index is 13.0. The standard InChI is InChI=1S/C16H21FN4O.2ClH/c1-16(2,9-18)10-20(3)15(22)14-8-19-11-21(14)13-6-4-12(17)5-7-13;;/h4-8,11H,9-10,18H2,1-3H3;2*1H. The summed E-state index contributed by atoms with van der Waals surface area (Å²) in [4.78, 5) is 18.3. The van der Waals surface area contributed by atoms with Crippen LogP contribution in [-0.4, -0.2) is 40.5 Å². The van der Waals surface area contributed by atoms with Crippen LogP contribution in [-0.2, 0) is 0 Å². The van der Waals surface area contributed by atoms with Crippen molar-refractivity contribution in [3.8, 4) is 5.69 Å². The van der Waals surface area contributed by atoms with Gasteiger partial charge in [0.15, 0.2) is 0 Å². The molecule has 0 saturated carbocycles. The first kappa shape index (κ1) is 22.4. The van der Waals surface area contributed by atoms with Gasteiger partial charge in [0.05, 0.1) is 12.5 Å². The molecule has 2 aromatic rings. The third kappa shape index (κ3) is 5.19. The van der Waals surface area contributed by atoms with Gasteiger partial charge < -0.3 is 10.6 Å². The minimum Gasteiger partial charge on any atom is -0.340 e. The SMILES string of the molecule is CN(CC(C)(C)CN)C(=O)c1cncn1-c1ccc(F)cc1.Cl.Cl. The second-order valence-electron chi connectivity index (χ2n) is 6.15. The third-order valence-corrected chi connectivity index (χ3v) is 3.53. The van der Waals surface area contributed by atoms with Gasteiger partial charge in [-0.1, -0.05) is 13.8 Å². The minimum atomic E-state index is -0.321. The summed E-state index contributed by atoms with van der Waals surface area (Å²) in [6, 6.07) is 5.92. The molecule has 24 heavy (non-hydrogen) atoms. The molecule has 2 rings (SSSR count). The van der Waals surface area contributed by atoms with Crippen molar-refractivity contribution >= 4 is 30.7 Å². The fourth-order valence-corrected chi connectivity index (χ4v) is 2.23. The van der Waals surface area contributed by atoms with Crippen LogP contribution in [0.2, 0.25) is 0 Å². The summed E-state index contributed by atoms with van der Waals surface area (Å²) < 4.78 is 14.7. The van der Waals surface area contributed by atoms with E-state index >= 15 is 0 Å². The maximum atomic E-state index is 13.0. The lowest BCUT2D eigenvalue weighted by Gasteiger charge is -2.29. The van der Waals surface area contributed by atoms with Gasteiger partial charge in [0.1, 0.15) is 11.5 Å². The van der Waals surface area contributed by atoms with Crippen LogP contribution >= 0.6 is 24.8 Å². The number of carbonyl (C=O) groups is 1. The first-order chi connectivity index (χ1) is 10.3. The molecule has 0 atom stereocenters. The zero-order valence-electron chi connectivity index (χ0n) is 13.9. The summed E-state index contributed by atoms with van der Waals surface area (Å²) in [5.74, 6) is -0.470. The summed E-state index contributed by atoms with van der Waals surface area (Å²) in [6.07, 6.45) is 3.06. The highest BCUT2D eigenvalue weighted by Gasteiger charge is 2.24. The summed E-state index contributed by atoms with van der Waals surface area (Å²) in [5.41, 5.74) is 6.68. The van der Waals surface area contributed by atoms with Crippen LogP contribution in [0, 0.1) is 11.2 Å². The molecule has 8 heteroatoms. The van der Waals surface area contributed by atoms with Crippen LogP contribution < -0.4 is 5.73 Å². The zero-order chi connectivity index (χ0) is 16.3. The van der Waals surface area contributed by atoms with Crippen molar-refractivity contribution in [2.24, 2.45) is 11.1 Å². The number of benzene rings is 1. The molecule has 1 amide bonds. The van der Waals surface area contributed by atoms with Crippen molar-refractivity contribution in [1.29, 1.82) is 0 Å². The number of nitrogens with zero attached hydrogens (tertiary/aromatic N) is 3. The van der Waals surface area contributed by atoms with Crippen LogP contribution in [0.25, 0.3) is 5.69 Å². The minimum absolute atomic E-state index is 0. The van der Waals surface area contributed by atoms with Crippen LogP contribution in [0.1, 0.15) is 24.3 Å². The molecule has 0 bridgehead atoms. The Bertz CT molecular complexity index is 658. The molecular weight excluding hydrogens is 354 g/mol. The van der Waals surface area contributed by atoms with Gasteiger partial charge in [-0.2, -0.15) is 0 Å². The molecule has 1 aromatic carbocycles. The lowest BCUT2D eigenvalue weighted by atomic mass is 9.93. The Kier molecular flexibility index (Phi) is 8.40. The normalized spacial score (nSPS) is 10.5. The predicted octanol–water partition coefficient (Wildman–Crippen LogP) is 2.91. The lowest BCUT2D eigenvalue weighted by Crippen LogP contribution is -2.40. The van der Waals surface area contributed by atoms with Gasteiger partial charge in [-0.15, -0.1) is 24.8 Å². The summed E-state index contributed by atoms with van der Waals surface area (Å²) in [5, 5.41) is 0. The topological polar surface area (TPSA) is 64.2 Å². The van der Waals surface area contributed by atoms with E-state index in [1.807, 2.05) is 13.8 Å². The number of amides is 1. The van der Waals surface area contributed by atoms with Gasteiger partial charge in [0.2, 0.25) is 0 Å². The molecule has 0 unspecified atom stereocenters. The summed E-state index contributed by atoms with van der Waals surface area (Å²) in [7, 11) is 1.74. The monoisotopic (exact) mass is 376 g/mol. The molecule has 1 heterocycles. The number of hydrogen-bond donors (Lipinski definition) is 1. The molecule has 0 spiro atoms. The highest BCUT2D eigenvalue weighted by molar-refractivity contribution is 5.92. The average Bonchev–Trinajstić information content (AvgIpc) is 2.96. The van der Waals surface area contributed by atoms with Crippen molar-refractivity contribution in [2.75, 3.05) is 20.1 Å². The van der Waals surface area contributed by atoms with Crippen molar-refractivity contribution < 1.29 is 9.18 Å². The molecule has 134 valence electrons. The lowest BCUT2D eigenvalue weighted by molar-refractivity contribution is 0.0732. The maximum Gasteiger partial charge on any atom is 0.272 e. The molecule has 0 aliphatic rings. The highest BCUT2D eigenvalue weighted by atomic mass is 35.5. The molecule has 1 aromatic heterocycles. The van der Waals surface area contributed by atoms with E-state index in [1.165, 1.54) is 18.3 Å². The van der Waals surface area contributed by atoms with E-state index in [4.69, 9.17) is 5.73 Å². The summed E-state index contributed by atoms with van der Waals surface area (Å²) in [6.45, 7) is 5.04. The quantitative estimate of drug-likeness (QED) is 0.872. The number of aromatic nitrogens is 2. The Labute approximate surface area is 153 Å². The molecule has 0 aliphatic carbocycles. The first-order valence-electron chi connectivity index (χ1n) is 7.08. The van der Waals surface area contributed by atoms with E-state index in [2.05, 4.69) is 4.98 Å². The zero-order valence-corrected chi connectivity index (χ0v) is 15.5. The predicted molar refractivity (Wildman–Crippen MR) is 97.8 cm³/mol. The third-order valence-electron chi connectivity index (χ3n) is 3.53. The number of halogens is 3. The first-order valence-corrected chi connectivity index (χ1v) is 7.08. The van der Waals surface area contributed by atoms with E-state index in [0.29, 0.717) is 24.5 Å². The van der Waals surface area contributed by atoms with E-state index in [0.717, 1.165) is 0 Å². The van der Waals surface area contributed by atoms with Crippen LogP contribution in [0.5, 0.6) is 0 Å². The Morgan fingerprint density at radius 3 is 2.42 bits per heavy atom. The van der Waals surface area contributed by atoms with Gasteiger partial charge in [0, 0.05) is 19.3 Å². The van der Waals surface area contributed by atoms with Crippen LogP contribution in [0.15, 0.2) is 36.8 Å². The second kappa shape index (κ2) is 9.01. The van der Waals surface area contributed by atoms with E-state index in [1.54, 1.807) is 35.0 Å². The Balaban J connectivity index is 0.00000264. The molecule has 0 aliphatic heterocycles. The molecular formula is C16H23Cl2FN4O. The van der Waals surface area contributed by atoms with Gasteiger partial charge in [0.25, 0.3) is 5.91 Å². The van der Waals surface area contributed by atoms with Crippen molar-refractivity contribution in [3.05, 3.63) is 48.3 Å². The van der Waals surface area contributed by atoms with Crippen molar-refractivity contribution in [3.63, 3.8) is 0 Å². The average molecular weight is 377 g/mol. The number of nitrogens with two attached hydrogens (primary N) is 1. The van der Waals surface area contributed by atoms with Crippen molar-refractivity contribution in [1.82, 2.24) is 14.5 Å². The van der Waals surface area contributed by atoms with Gasteiger partial charge in [-0.3, -0.25) is 9.36 Å². The molecule has 0 fully saturated rings. The molecule has 2 N–H and O–H groups in total.